The molecule has 0 saturated carbocycles. The average Bonchev–Trinajstić information content (AvgIpc) is 2.33. The molecule has 0 spiro atoms. The van der Waals surface area contributed by atoms with Crippen LogP contribution in [-0.2, 0) is 9.84 Å². The Morgan fingerprint density at radius 1 is 1.58 bits per heavy atom. The number of rotatable bonds is 0. The molecule has 2 heterocycles. The Morgan fingerprint density at radius 2 is 2.25 bits per heavy atom. The molecule has 12 heavy (non-hydrogen) atoms. The molecular formula is C5H9N3O2S2. The van der Waals surface area contributed by atoms with Crippen molar-refractivity contribution in [2.24, 2.45) is 5.84 Å². The molecule has 7 heteroatoms. The van der Waals surface area contributed by atoms with Crippen molar-refractivity contribution in [3.8, 4) is 0 Å². The van der Waals surface area contributed by atoms with E-state index in [1.54, 1.807) is 0 Å². The number of hydrazine groups is 1. The van der Waals surface area contributed by atoms with E-state index in [4.69, 9.17) is 11.3 Å². The van der Waals surface area contributed by atoms with Crippen molar-refractivity contribution in [1.29, 1.82) is 5.41 Å². The highest BCUT2D eigenvalue weighted by molar-refractivity contribution is 8.15. The summed E-state index contributed by atoms with van der Waals surface area (Å²) >= 11 is 1.25. The summed E-state index contributed by atoms with van der Waals surface area (Å²) in [5.41, 5.74) is 0. The quantitative estimate of drug-likeness (QED) is 0.498. The standard InChI is InChI=1S/C5H9N3O2S2/c6-5-8(7)3-1-12(9,10)2-4(3)11-5/h3-4,6H,1-2,7H2/t3-,4+/m0/s1. The maximum atomic E-state index is 11.1. The van der Waals surface area contributed by atoms with Crippen LogP contribution in [0.25, 0.3) is 0 Å². The molecule has 3 N–H and O–H groups in total. The topological polar surface area (TPSA) is 87.2 Å². The average molecular weight is 207 g/mol. The summed E-state index contributed by atoms with van der Waals surface area (Å²) in [6.07, 6.45) is 0. The lowest BCUT2D eigenvalue weighted by molar-refractivity contribution is 0.370. The number of nitrogens with two attached hydrogens (primary N) is 1. The zero-order valence-corrected chi connectivity index (χ0v) is 7.86. The maximum Gasteiger partial charge on any atom is 0.171 e. The van der Waals surface area contributed by atoms with Crippen LogP contribution in [0, 0.1) is 5.41 Å². The van der Waals surface area contributed by atoms with Gasteiger partial charge in [-0.2, -0.15) is 0 Å². The SMILES string of the molecule is N=C1S[C@@H]2CS(=O)(=O)C[C@@H]2N1N. The van der Waals surface area contributed by atoms with E-state index in [1.807, 2.05) is 0 Å². The fourth-order valence-electron chi connectivity index (χ4n) is 1.52. The molecule has 5 nitrogen and oxygen atoms in total. The minimum Gasteiger partial charge on any atom is -0.284 e. The first kappa shape index (κ1) is 8.33. The molecule has 2 aliphatic heterocycles. The normalized spacial score (nSPS) is 38.8. The predicted octanol–water partition coefficient (Wildman–Crippen LogP) is -0.991. The van der Waals surface area contributed by atoms with E-state index in [0.29, 0.717) is 0 Å². The third kappa shape index (κ3) is 1.12. The number of amidine groups is 1. The van der Waals surface area contributed by atoms with Gasteiger partial charge in [-0.25, -0.2) is 14.3 Å². The number of sulfone groups is 1. The largest absolute Gasteiger partial charge is 0.284 e. The highest BCUT2D eigenvalue weighted by atomic mass is 32.2. The van der Waals surface area contributed by atoms with E-state index in [2.05, 4.69) is 0 Å². The number of nitrogens with zero attached hydrogens (tertiary/aromatic N) is 1. The van der Waals surface area contributed by atoms with Crippen LogP contribution in [0.3, 0.4) is 0 Å². The third-order valence-electron chi connectivity index (χ3n) is 2.13. The van der Waals surface area contributed by atoms with E-state index in [1.165, 1.54) is 16.8 Å². The minimum atomic E-state index is -2.90. The Bertz CT molecular complexity index is 326. The lowest BCUT2D eigenvalue weighted by atomic mass is 10.2. The van der Waals surface area contributed by atoms with Crippen molar-refractivity contribution in [2.75, 3.05) is 11.5 Å². The van der Waals surface area contributed by atoms with Crippen molar-refractivity contribution < 1.29 is 8.42 Å². The molecule has 0 radical (unpaired) electrons. The van der Waals surface area contributed by atoms with Gasteiger partial charge in [0.25, 0.3) is 0 Å². The van der Waals surface area contributed by atoms with Crippen molar-refractivity contribution in [3.05, 3.63) is 0 Å². The van der Waals surface area contributed by atoms with Gasteiger partial charge in [0, 0.05) is 5.25 Å². The monoisotopic (exact) mass is 207 g/mol. The van der Waals surface area contributed by atoms with E-state index in [0.717, 1.165) is 0 Å². The molecule has 2 saturated heterocycles. The lowest BCUT2D eigenvalue weighted by Crippen LogP contribution is -2.42. The summed E-state index contributed by atoms with van der Waals surface area (Å²) in [5.74, 6) is 5.77. The van der Waals surface area contributed by atoms with E-state index >= 15 is 0 Å². The summed E-state index contributed by atoms with van der Waals surface area (Å²) in [4.78, 5) is 0. The molecule has 0 aromatic carbocycles. The summed E-state index contributed by atoms with van der Waals surface area (Å²) in [5, 5.41) is 8.87. The van der Waals surface area contributed by atoms with Crippen LogP contribution in [0.1, 0.15) is 0 Å². The molecule has 0 bridgehead atoms. The van der Waals surface area contributed by atoms with Gasteiger partial charge >= 0.3 is 0 Å². The Hall–Kier alpha value is -0.270. The van der Waals surface area contributed by atoms with Crippen LogP contribution in [0.15, 0.2) is 0 Å². The molecule has 0 unspecified atom stereocenters. The lowest BCUT2D eigenvalue weighted by Gasteiger charge is -2.15. The van der Waals surface area contributed by atoms with Gasteiger partial charge in [-0.1, -0.05) is 11.8 Å². The summed E-state index contributed by atoms with van der Waals surface area (Å²) < 4.78 is 22.3. The first-order chi connectivity index (χ1) is 5.49. The molecule has 0 aliphatic carbocycles. The molecular weight excluding hydrogens is 198 g/mol. The number of hydrogen-bond acceptors (Lipinski definition) is 5. The molecule has 2 atom stereocenters. The van der Waals surface area contributed by atoms with Gasteiger partial charge in [-0.05, 0) is 0 Å². The Labute approximate surface area is 74.7 Å². The molecule has 2 aliphatic rings. The number of fused-ring (bicyclic) bond motifs is 1. The van der Waals surface area contributed by atoms with Gasteiger partial charge in [0.05, 0.1) is 17.5 Å². The zero-order chi connectivity index (χ0) is 8.93. The smallest absolute Gasteiger partial charge is 0.171 e. The minimum absolute atomic E-state index is 0.0208. The second-order valence-corrected chi connectivity index (χ2v) is 6.39. The van der Waals surface area contributed by atoms with Gasteiger partial charge in [-0.3, -0.25) is 10.4 Å². The molecule has 2 rings (SSSR count). The number of thioether (sulfide) groups is 1. The number of nitrogens with one attached hydrogen (secondary N) is 1. The second-order valence-electron chi connectivity index (χ2n) is 3.01. The van der Waals surface area contributed by atoms with Gasteiger partial charge in [0.2, 0.25) is 0 Å². The highest BCUT2D eigenvalue weighted by Gasteiger charge is 2.47. The van der Waals surface area contributed by atoms with Crippen LogP contribution < -0.4 is 5.84 Å². The maximum absolute atomic E-state index is 11.1. The molecule has 68 valence electrons. The Balaban J connectivity index is 2.27. The van der Waals surface area contributed by atoms with Crippen LogP contribution in [0.5, 0.6) is 0 Å². The summed E-state index contributed by atoms with van der Waals surface area (Å²) in [6, 6.07) is -0.174. The summed E-state index contributed by atoms with van der Waals surface area (Å²) in [7, 11) is -2.90. The molecule has 2 fully saturated rings. The summed E-state index contributed by atoms with van der Waals surface area (Å²) in [6.45, 7) is 0. The van der Waals surface area contributed by atoms with Crippen LogP contribution in [0.2, 0.25) is 0 Å². The van der Waals surface area contributed by atoms with Crippen molar-refractivity contribution in [1.82, 2.24) is 5.01 Å². The highest BCUT2D eigenvalue weighted by Crippen LogP contribution is 2.35. The van der Waals surface area contributed by atoms with Crippen molar-refractivity contribution in [3.63, 3.8) is 0 Å². The van der Waals surface area contributed by atoms with Crippen LogP contribution in [-0.4, -0.2) is 41.4 Å². The van der Waals surface area contributed by atoms with Crippen LogP contribution >= 0.6 is 11.8 Å². The van der Waals surface area contributed by atoms with Gasteiger partial charge in [-0.15, -0.1) is 0 Å². The third-order valence-corrected chi connectivity index (χ3v) is 5.27. The molecule has 0 aromatic heterocycles. The van der Waals surface area contributed by atoms with Crippen LogP contribution in [0.4, 0.5) is 0 Å². The van der Waals surface area contributed by atoms with E-state index in [9.17, 15) is 8.42 Å². The predicted molar refractivity (Wildman–Crippen MR) is 47.6 cm³/mol. The zero-order valence-electron chi connectivity index (χ0n) is 6.23. The van der Waals surface area contributed by atoms with E-state index in [-0.39, 0.29) is 28.0 Å². The van der Waals surface area contributed by atoms with Gasteiger partial charge < -0.3 is 0 Å². The van der Waals surface area contributed by atoms with Gasteiger partial charge in [0.15, 0.2) is 15.0 Å². The van der Waals surface area contributed by atoms with E-state index < -0.39 is 9.84 Å². The first-order valence-corrected chi connectivity index (χ1v) is 6.19. The first-order valence-electron chi connectivity index (χ1n) is 3.49. The fraction of sp³-hybridized carbons (Fsp3) is 0.800. The number of hydrogen-bond donors (Lipinski definition) is 2. The van der Waals surface area contributed by atoms with Gasteiger partial charge in [0.1, 0.15) is 0 Å². The fourth-order valence-corrected chi connectivity index (χ4v) is 5.24. The Morgan fingerprint density at radius 3 is 2.83 bits per heavy atom. The molecule has 0 aromatic rings. The molecule has 0 amide bonds. The Kier molecular flexibility index (Phi) is 1.64. The van der Waals surface area contributed by atoms with Crippen molar-refractivity contribution >= 4 is 26.8 Å². The van der Waals surface area contributed by atoms with Crippen molar-refractivity contribution in [2.45, 2.75) is 11.3 Å². The second kappa shape index (κ2) is 2.36.